The van der Waals surface area contributed by atoms with Crippen molar-refractivity contribution < 1.29 is 23.8 Å². The molecule has 2 heterocycles. The maximum Gasteiger partial charge on any atom is 0.326 e. The van der Waals surface area contributed by atoms with E-state index in [-0.39, 0.29) is 24.4 Å². The van der Waals surface area contributed by atoms with Crippen LogP contribution in [0, 0.1) is 5.82 Å². The van der Waals surface area contributed by atoms with Gasteiger partial charge < -0.3 is 20.1 Å². The predicted octanol–water partition coefficient (Wildman–Crippen LogP) is 4.10. The van der Waals surface area contributed by atoms with Gasteiger partial charge in [0, 0.05) is 6.54 Å². The van der Waals surface area contributed by atoms with Gasteiger partial charge in [-0.05, 0) is 41.5 Å². The van der Waals surface area contributed by atoms with Crippen LogP contribution in [-0.2, 0) is 17.9 Å². The number of para-hydroxylation sites is 3. The van der Waals surface area contributed by atoms with Crippen LogP contribution in [0.4, 0.5) is 38.4 Å². The molecular formula is C27H25FN8O4. The number of hydrazine groups is 1. The van der Waals surface area contributed by atoms with Crippen molar-refractivity contribution in [1.29, 1.82) is 0 Å². The smallest absolute Gasteiger partial charge is 0.326 e. The number of aliphatic carboxylic acids is 1. The number of carboxylic acids is 1. The Balaban J connectivity index is 1.44. The van der Waals surface area contributed by atoms with E-state index >= 15 is 0 Å². The number of nitrogens with zero attached hydrogens (tertiary/aromatic N) is 5. The molecule has 3 aromatic carbocycles. The lowest BCUT2D eigenvalue weighted by atomic mass is 10.1. The SMILES string of the molecule is COc1ccccc1NC(=O)Nc1nc(NN2Cc3ccccc32)nc(N(CC(=O)O)Cc2ccc(F)cc2)n1. The van der Waals surface area contributed by atoms with Gasteiger partial charge >= 0.3 is 12.0 Å². The number of ether oxygens (including phenoxy) is 1. The van der Waals surface area contributed by atoms with E-state index in [1.54, 1.807) is 36.4 Å². The molecule has 0 saturated carbocycles. The molecular weight excluding hydrogens is 519 g/mol. The summed E-state index contributed by atoms with van der Waals surface area (Å²) in [4.78, 5) is 39.0. The highest BCUT2D eigenvalue weighted by molar-refractivity contribution is 5.99. The molecule has 40 heavy (non-hydrogen) atoms. The molecule has 1 aliphatic heterocycles. The van der Waals surface area contributed by atoms with Crippen molar-refractivity contribution in [2.75, 3.05) is 39.6 Å². The third-order valence-corrected chi connectivity index (χ3v) is 5.95. The van der Waals surface area contributed by atoms with Gasteiger partial charge in [0.1, 0.15) is 18.1 Å². The minimum atomic E-state index is -1.13. The Morgan fingerprint density at radius 2 is 1.70 bits per heavy atom. The van der Waals surface area contributed by atoms with Crippen molar-refractivity contribution in [3.05, 3.63) is 89.7 Å². The van der Waals surface area contributed by atoms with E-state index in [1.807, 2.05) is 29.3 Å². The molecule has 0 spiro atoms. The number of halogens is 1. The molecule has 204 valence electrons. The normalized spacial score (nSPS) is 11.6. The van der Waals surface area contributed by atoms with Crippen molar-refractivity contribution in [3.63, 3.8) is 0 Å². The van der Waals surface area contributed by atoms with Crippen LogP contribution in [0.5, 0.6) is 5.75 Å². The molecule has 0 bridgehead atoms. The lowest BCUT2D eigenvalue weighted by molar-refractivity contribution is -0.135. The summed E-state index contributed by atoms with van der Waals surface area (Å²) >= 11 is 0. The highest BCUT2D eigenvalue weighted by atomic mass is 19.1. The largest absolute Gasteiger partial charge is 0.495 e. The Kier molecular flexibility index (Phi) is 7.53. The number of urea groups is 1. The number of hydrogen-bond acceptors (Lipinski definition) is 9. The predicted molar refractivity (Wildman–Crippen MR) is 147 cm³/mol. The van der Waals surface area contributed by atoms with Crippen LogP contribution < -0.4 is 30.7 Å². The molecule has 0 saturated heterocycles. The second-order valence-electron chi connectivity index (χ2n) is 8.76. The lowest BCUT2D eigenvalue weighted by Gasteiger charge is -2.35. The summed E-state index contributed by atoms with van der Waals surface area (Å²) in [7, 11) is 1.49. The van der Waals surface area contributed by atoms with Crippen molar-refractivity contribution >= 4 is 41.2 Å². The molecule has 0 fully saturated rings. The molecule has 0 radical (unpaired) electrons. The maximum absolute atomic E-state index is 13.4. The Morgan fingerprint density at radius 3 is 2.45 bits per heavy atom. The van der Waals surface area contributed by atoms with Gasteiger partial charge in [-0.1, -0.05) is 42.5 Å². The van der Waals surface area contributed by atoms with Crippen LogP contribution in [0.3, 0.4) is 0 Å². The average molecular weight is 545 g/mol. The van der Waals surface area contributed by atoms with E-state index in [2.05, 4.69) is 31.0 Å². The molecule has 2 amide bonds. The minimum absolute atomic E-state index is 0.00868. The zero-order valence-corrected chi connectivity index (χ0v) is 21.3. The van der Waals surface area contributed by atoms with E-state index in [4.69, 9.17) is 4.74 Å². The van der Waals surface area contributed by atoms with Crippen LogP contribution in [0.2, 0.25) is 0 Å². The Morgan fingerprint density at radius 1 is 0.975 bits per heavy atom. The van der Waals surface area contributed by atoms with Gasteiger partial charge in [0.15, 0.2) is 0 Å². The summed E-state index contributed by atoms with van der Waals surface area (Å²) in [5, 5.41) is 16.7. The minimum Gasteiger partial charge on any atom is -0.495 e. The number of hydrogen-bond donors (Lipinski definition) is 4. The van der Waals surface area contributed by atoms with Gasteiger partial charge in [0.05, 0.1) is 25.0 Å². The number of rotatable bonds is 10. The highest BCUT2D eigenvalue weighted by Gasteiger charge is 2.24. The molecule has 4 N–H and O–H groups in total. The number of anilines is 5. The van der Waals surface area contributed by atoms with E-state index in [1.165, 1.54) is 24.1 Å². The second kappa shape index (κ2) is 11.5. The number of methoxy groups -OCH3 is 1. The van der Waals surface area contributed by atoms with Crippen LogP contribution in [0.25, 0.3) is 0 Å². The number of carbonyl (C=O) groups is 2. The first kappa shape index (κ1) is 26.2. The Labute approximate surface area is 228 Å². The van der Waals surface area contributed by atoms with Crippen molar-refractivity contribution in [3.8, 4) is 5.75 Å². The quantitative estimate of drug-likeness (QED) is 0.230. The molecule has 13 heteroatoms. The standard InChI is InChI=1S/C27H25FN8O4/c1-40-22-9-5-3-7-20(22)29-27(39)33-24-30-25(34-36-15-18-6-2-4-8-21(18)36)32-26(31-24)35(16-23(37)38)14-17-10-12-19(28)13-11-17/h2-13H,14-16H2,1H3,(H,37,38)(H3,29,30,31,32,33,34,39). The zero-order valence-electron chi connectivity index (χ0n) is 21.3. The fraction of sp³-hybridized carbons (Fsp3) is 0.148. The van der Waals surface area contributed by atoms with Gasteiger partial charge in [0.25, 0.3) is 0 Å². The van der Waals surface area contributed by atoms with Gasteiger partial charge in [-0.25, -0.2) is 9.18 Å². The fourth-order valence-electron chi connectivity index (χ4n) is 4.08. The van der Waals surface area contributed by atoms with Crippen molar-refractivity contribution in [2.45, 2.75) is 13.1 Å². The van der Waals surface area contributed by atoms with Gasteiger partial charge in [-0.15, -0.1) is 0 Å². The fourth-order valence-corrected chi connectivity index (χ4v) is 4.08. The molecule has 1 aliphatic rings. The maximum atomic E-state index is 13.4. The summed E-state index contributed by atoms with van der Waals surface area (Å²) < 4.78 is 18.7. The molecule has 0 aliphatic carbocycles. The zero-order chi connectivity index (χ0) is 28.1. The number of fused-ring (bicyclic) bond motifs is 1. The number of aromatic nitrogens is 3. The van der Waals surface area contributed by atoms with Gasteiger partial charge in [-0.2, -0.15) is 15.0 Å². The number of benzene rings is 3. The van der Waals surface area contributed by atoms with Crippen molar-refractivity contribution in [2.24, 2.45) is 0 Å². The van der Waals surface area contributed by atoms with E-state index in [0.29, 0.717) is 23.5 Å². The molecule has 1 aromatic heterocycles. The second-order valence-corrected chi connectivity index (χ2v) is 8.76. The first-order chi connectivity index (χ1) is 19.4. The number of amides is 2. The molecule has 12 nitrogen and oxygen atoms in total. The topological polar surface area (TPSA) is 145 Å². The third-order valence-electron chi connectivity index (χ3n) is 5.95. The number of carbonyl (C=O) groups excluding carboxylic acids is 1. The molecule has 4 aromatic rings. The first-order valence-corrected chi connectivity index (χ1v) is 12.2. The summed E-state index contributed by atoms with van der Waals surface area (Å²) in [5.74, 6) is -1.13. The average Bonchev–Trinajstić information content (AvgIpc) is 2.92. The van der Waals surface area contributed by atoms with Crippen LogP contribution in [0.15, 0.2) is 72.8 Å². The van der Waals surface area contributed by atoms with Crippen LogP contribution in [0.1, 0.15) is 11.1 Å². The van der Waals surface area contributed by atoms with E-state index in [0.717, 1.165) is 11.3 Å². The van der Waals surface area contributed by atoms with Gasteiger partial charge in [0.2, 0.25) is 17.8 Å². The highest BCUT2D eigenvalue weighted by Crippen LogP contribution is 2.32. The molecule has 0 atom stereocenters. The molecule has 5 rings (SSSR count). The summed E-state index contributed by atoms with van der Waals surface area (Å²) in [6.45, 7) is 0.193. The number of carboxylic acid groups (broad SMARTS) is 1. The van der Waals surface area contributed by atoms with Crippen LogP contribution >= 0.6 is 0 Å². The third kappa shape index (κ3) is 6.15. The number of nitrogens with one attached hydrogen (secondary N) is 3. The Hall–Kier alpha value is -5.46. The monoisotopic (exact) mass is 544 g/mol. The Bertz CT molecular complexity index is 1540. The van der Waals surface area contributed by atoms with E-state index in [9.17, 15) is 19.1 Å². The molecule has 0 unspecified atom stereocenters. The summed E-state index contributed by atoms with van der Waals surface area (Å²) in [6.07, 6.45) is 0. The van der Waals surface area contributed by atoms with Gasteiger partial charge in [-0.3, -0.25) is 20.5 Å². The van der Waals surface area contributed by atoms with Crippen LogP contribution in [-0.4, -0.2) is 45.7 Å². The summed E-state index contributed by atoms with van der Waals surface area (Å²) in [5.41, 5.74) is 6.21. The first-order valence-electron chi connectivity index (χ1n) is 12.2. The van der Waals surface area contributed by atoms with E-state index < -0.39 is 24.4 Å². The lowest BCUT2D eigenvalue weighted by Crippen LogP contribution is -2.38. The van der Waals surface area contributed by atoms with Crippen molar-refractivity contribution in [1.82, 2.24) is 15.0 Å². The summed E-state index contributed by atoms with van der Waals surface area (Å²) in [6, 6.07) is 19.7.